The molecule has 4 aromatic rings. The van der Waals surface area contributed by atoms with Crippen LogP contribution in [0.2, 0.25) is 0 Å². The zero-order valence-electron chi connectivity index (χ0n) is 19.6. The van der Waals surface area contributed by atoms with Gasteiger partial charge in [0.25, 0.3) is 5.56 Å². The molecule has 0 bridgehead atoms. The lowest BCUT2D eigenvalue weighted by Gasteiger charge is -2.24. The highest BCUT2D eigenvalue weighted by molar-refractivity contribution is 7.07. The summed E-state index contributed by atoms with van der Waals surface area (Å²) in [5.41, 5.74) is 2.35. The van der Waals surface area contributed by atoms with Crippen molar-refractivity contribution in [3.63, 3.8) is 0 Å². The Hall–Kier alpha value is -3.97. The smallest absolute Gasteiger partial charge is 0.338 e. The molecule has 35 heavy (non-hydrogen) atoms. The van der Waals surface area contributed by atoms with Crippen LogP contribution in [0.4, 0.5) is 0 Å². The summed E-state index contributed by atoms with van der Waals surface area (Å²) in [6.07, 6.45) is 1.86. The maximum Gasteiger partial charge on any atom is 0.338 e. The number of carbonyl (C=O) groups is 1. The van der Waals surface area contributed by atoms with Crippen LogP contribution < -0.4 is 19.6 Å². The molecule has 1 aliphatic heterocycles. The van der Waals surface area contributed by atoms with Gasteiger partial charge in [-0.1, -0.05) is 72.0 Å². The molecule has 7 heteroatoms. The molecule has 0 spiro atoms. The second-order valence-corrected chi connectivity index (χ2v) is 9.12. The number of thiazole rings is 1. The fourth-order valence-electron chi connectivity index (χ4n) is 4.48. The van der Waals surface area contributed by atoms with Gasteiger partial charge in [0.15, 0.2) is 4.80 Å². The highest BCUT2D eigenvalue weighted by Crippen LogP contribution is 2.31. The van der Waals surface area contributed by atoms with Crippen molar-refractivity contribution in [1.29, 1.82) is 0 Å². The highest BCUT2D eigenvalue weighted by Gasteiger charge is 2.33. The first-order valence-corrected chi connectivity index (χ1v) is 12.2. The van der Waals surface area contributed by atoms with Gasteiger partial charge in [0.1, 0.15) is 5.75 Å². The standard InChI is InChI=1S/C28H24N2O4S/c1-4-34-27(32)24-17(2)29-28-30(25(24)19-11-6-5-7-12-19)26(31)23(35-28)16-21-20-13-9-8-10-18(20)14-15-22(21)33-3/h5-16,25H,4H2,1-3H3/t25-/m1/s1. The molecule has 0 fully saturated rings. The number of hydrogen-bond acceptors (Lipinski definition) is 6. The van der Waals surface area contributed by atoms with E-state index in [0.29, 0.717) is 26.4 Å². The van der Waals surface area contributed by atoms with E-state index in [0.717, 1.165) is 21.9 Å². The monoisotopic (exact) mass is 484 g/mol. The van der Waals surface area contributed by atoms with Crippen molar-refractivity contribution in [2.24, 2.45) is 4.99 Å². The van der Waals surface area contributed by atoms with Gasteiger partial charge in [0.2, 0.25) is 0 Å². The van der Waals surface area contributed by atoms with E-state index >= 15 is 0 Å². The molecule has 3 aromatic carbocycles. The SMILES string of the molecule is CCOC(=O)C1=C(C)N=c2sc(=Cc3c(OC)ccc4ccccc34)c(=O)n2[C@@H]1c1ccccc1. The molecular formula is C28H24N2O4S. The number of hydrogen-bond donors (Lipinski definition) is 0. The van der Waals surface area contributed by atoms with Gasteiger partial charge in [-0.3, -0.25) is 9.36 Å². The van der Waals surface area contributed by atoms with Crippen molar-refractivity contribution in [3.05, 3.63) is 109 Å². The van der Waals surface area contributed by atoms with Crippen LogP contribution in [-0.2, 0) is 9.53 Å². The number of allylic oxidation sites excluding steroid dienone is 1. The van der Waals surface area contributed by atoms with Gasteiger partial charge in [-0.05, 0) is 42.3 Å². The molecule has 0 radical (unpaired) electrons. The third kappa shape index (κ3) is 3.98. The number of benzene rings is 3. The molecule has 2 heterocycles. The van der Waals surface area contributed by atoms with Crippen LogP contribution in [-0.4, -0.2) is 24.3 Å². The normalized spacial score (nSPS) is 15.6. The molecule has 0 amide bonds. The van der Waals surface area contributed by atoms with Crippen molar-refractivity contribution >= 4 is 34.2 Å². The number of rotatable bonds is 5. The lowest BCUT2D eigenvalue weighted by Crippen LogP contribution is -2.39. The van der Waals surface area contributed by atoms with E-state index < -0.39 is 12.0 Å². The Morgan fingerprint density at radius 2 is 1.83 bits per heavy atom. The van der Waals surface area contributed by atoms with E-state index in [1.807, 2.05) is 72.8 Å². The van der Waals surface area contributed by atoms with Crippen molar-refractivity contribution in [1.82, 2.24) is 4.57 Å². The molecule has 0 saturated carbocycles. The highest BCUT2D eigenvalue weighted by atomic mass is 32.1. The molecule has 1 atom stereocenters. The first-order chi connectivity index (χ1) is 17.0. The summed E-state index contributed by atoms with van der Waals surface area (Å²) in [7, 11) is 1.62. The Bertz CT molecular complexity index is 1650. The van der Waals surface area contributed by atoms with Crippen molar-refractivity contribution in [3.8, 4) is 5.75 Å². The van der Waals surface area contributed by atoms with Crippen LogP contribution in [0.1, 0.15) is 31.0 Å². The summed E-state index contributed by atoms with van der Waals surface area (Å²) in [4.78, 5) is 32.0. The van der Waals surface area contributed by atoms with Crippen LogP contribution in [0.15, 0.2) is 87.8 Å². The van der Waals surface area contributed by atoms with Gasteiger partial charge in [-0.15, -0.1) is 0 Å². The average molecular weight is 485 g/mol. The second kappa shape index (κ2) is 9.35. The van der Waals surface area contributed by atoms with E-state index in [-0.39, 0.29) is 12.2 Å². The zero-order chi connectivity index (χ0) is 24.5. The maximum absolute atomic E-state index is 13.8. The summed E-state index contributed by atoms with van der Waals surface area (Å²) in [5.74, 6) is 0.213. The fourth-order valence-corrected chi connectivity index (χ4v) is 5.50. The summed E-state index contributed by atoms with van der Waals surface area (Å²) in [6.45, 7) is 3.79. The summed E-state index contributed by atoms with van der Waals surface area (Å²) in [5, 5.41) is 2.04. The largest absolute Gasteiger partial charge is 0.496 e. The van der Waals surface area contributed by atoms with Crippen LogP contribution >= 0.6 is 11.3 Å². The van der Waals surface area contributed by atoms with Gasteiger partial charge >= 0.3 is 5.97 Å². The minimum Gasteiger partial charge on any atom is -0.496 e. The lowest BCUT2D eigenvalue weighted by molar-refractivity contribution is -0.139. The molecule has 0 N–H and O–H groups in total. The Kier molecular flexibility index (Phi) is 6.09. The van der Waals surface area contributed by atoms with Crippen molar-refractivity contribution < 1.29 is 14.3 Å². The van der Waals surface area contributed by atoms with Gasteiger partial charge in [0, 0.05) is 5.56 Å². The Labute approximate surface area is 206 Å². The van der Waals surface area contributed by atoms with Crippen molar-refractivity contribution in [2.75, 3.05) is 13.7 Å². The molecule has 5 rings (SSSR count). The van der Waals surface area contributed by atoms with Gasteiger partial charge in [0.05, 0.1) is 35.6 Å². The summed E-state index contributed by atoms with van der Waals surface area (Å²) in [6, 6.07) is 20.8. The molecule has 176 valence electrons. The quantitative estimate of drug-likeness (QED) is 0.402. The van der Waals surface area contributed by atoms with Crippen LogP contribution in [0.3, 0.4) is 0 Å². The number of aromatic nitrogens is 1. The Morgan fingerprint density at radius 1 is 1.09 bits per heavy atom. The third-order valence-electron chi connectivity index (χ3n) is 6.06. The van der Waals surface area contributed by atoms with Crippen LogP contribution in [0, 0.1) is 0 Å². The van der Waals surface area contributed by atoms with Crippen LogP contribution in [0.5, 0.6) is 5.75 Å². The van der Waals surface area contributed by atoms with Gasteiger partial charge in [-0.2, -0.15) is 0 Å². The van der Waals surface area contributed by atoms with E-state index in [4.69, 9.17) is 9.47 Å². The molecule has 1 aromatic heterocycles. The topological polar surface area (TPSA) is 69.9 Å². The lowest BCUT2D eigenvalue weighted by atomic mass is 9.96. The molecule has 6 nitrogen and oxygen atoms in total. The predicted molar refractivity (Wildman–Crippen MR) is 137 cm³/mol. The number of ether oxygens (including phenoxy) is 2. The number of methoxy groups -OCH3 is 1. The molecular weight excluding hydrogens is 460 g/mol. The first-order valence-electron chi connectivity index (χ1n) is 11.3. The minimum absolute atomic E-state index is 0.216. The molecule has 1 aliphatic rings. The summed E-state index contributed by atoms with van der Waals surface area (Å²) >= 11 is 1.30. The third-order valence-corrected chi connectivity index (χ3v) is 7.04. The van der Waals surface area contributed by atoms with Crippen LogP contribution in [0.25, 0.3) is 16.8 Å². The summed E-state index contributed by atoms with van der Waals surface area (Å²) < 4.78 is 13.1. The number of fused-ring (bicyclic) bond motifs is 2. The van der Waals surface area contributed by atoms with Gasteiger partial charge in [-0.25, -0.2) is 9.79 Å². The number of carbonyl (C=O) groups excluding carboxylic acids is 1. The molecule has 0 unspecified atom stereocenters. The minimum atomic E-state index is -0.622. The van der Waals surface area contributed by atoms with E-state index in [1.54, 1.807) is 25.5 Å². The van der Waals surface area contributed by atoms with Crippen molar-refractivity contribution in [2.45, 2.75) is 19.9 Å². The second-order valence-electron chi connectivity index (χ2n) is 8.12. The predicted octanol–water partition coefficient (Wildman–Crippen LogP) is 3.96. The first kappa shape index (κ1) is 22.8. The average Bonchev–Trinajstić information content (AvgIpc) is 3.18. The van der Waals surface area contributed by atoms with E-state index in [9.17, 15) is 9.59 Å². The fraction of sp³-hybridized carbons (Fsp3) is 0.179. The van der Waals surface area contributed by atoms with E-state index in [1.165, 1.54) is 11.3 Å². The Morgan fingerprint density at radius 3 is 2.57 bits per heavy atom. The number of nitrogens with zero attached hydrogens (tertiary/aromatic N) is 2. The molecule has 0 saturated heterocycles. The Balaban J connectivity index is 1.78. The molecule has 0 aliphatic carbocycles. The maximum atomic E-state index is 13.8. The van der Waals surface area contributed by atoms with Gasteiger partial charge < -0.3 is 9.47 Å². The zero-order valence-corrected chi connectivity index (χ0v) is 20.5. The van der Waals surface area contributed by atoms with E-state index in [2.05, 4.69) is 4.99 Å². The number of esters is 1.